The van der Waals surface area contributed by atoms with Gasteiger partial charge in [-0.25, -0.2) is 0 Å². The molecule has 2 aliphatic rings. The number of hydrogen-bond donors (Lipinski definition) is 1. The predicted octanol–water partition coefficient (Wildman–Crippen LogP) is 8.04. The number of carbonyl (C=O) groups excluding carboxylic acids is 1. The van der Waals surface area contributed by atoms with Crippen LogP contribution in [0.25, 0.3) is 0 Å². The molecular weight excluding hydrogens is 587 g/mol. The first kappa shape index (κ1) is 30.1. The highest BCUT2D eigenvalue weighted by Gasteiger charge is 2.45. The molecule has 1 atom stereocenters. The van der Waals surface area contributed by atoms with Crippen molar-refractivity contribution in [1.29, 1.82) is 5.26 Å². The molecule has 8 nitrogen and oxygen atoms in total. The third-order valence-corrected chi connectivity index (χ3v) is 8.58. The number of nitro groups is 1. The Bertz CT molecular complexity index is 1770. The molecule has 0 fully saturated rings. The van der Waals surface area contributed by atoms with Crippen LogP contribution in [-0.2, 0) is 11.4 Å². The minimum Gasteiger partial charge on any atom is -0.489 e. The number of ether oxygens (including phenoxy) is 1. The summed E-state index contributed by atoms with van der Waals surface area (Å²) in [7, 11) is 0. The second-order valence-electron chi connectivity index (χ2n) is 11.8. The quantitative estimate of drug-likeness (QED) is 0.219. The molecule has 2 N–H and O–H groups in total. The van der Waals surface area contributed by atoms with Gasteiger partial charge in [0.25, 0.3) is 5.69 Å². The highest BCUT2D eigenvalue weighted by atomic mass is 35.5. The van der Waals surface area contributed by atoms with E-state index in [4.69, 9.17) is 33.7 Å². The molecule has 0 saturated heterocycles. The molecule has 3 aromatic carbocycles. The number of halogens is 2. The molecule has 3 aromatic rings. The standard InChI is InChI=1S/C33H30Cl2N4O4/c1-18-11-19(2)24(12-20(18)17-43-23-8-5-21(34)6-9-23)30-25(16-36)32(37)38(22-7-10-26(35)27(13-22)39(41)42)28-14-33(3,4)15-29(40)31(28)30/h5-13,30H,14-15,17,37H2,1-4H3. The Hall–Kier alpha value is -4.32. The molecule has 0 bridgehead atoms. The van der Waals surface area contributed by atoms with Crippen molar-refractivity contribution in [3.63, 3.8) is 0 Å². The van der Waals surface area contributed by atoms with Gasteiger partial charge in [0.15, 0.2) is 5.78 Å². The van der Waals surface area contributed by atoms with Crippen LogP contribution in [0.15, 0.2) is 77.3 Å². The number of hydrogen-bond acceptors (Lipinski definition) is 7. The molecule has 0 radical (unpaired) electrons. The maximum absolute atomic E-state index is 14.0. The average Bonchev–Trinajstić information content (AvgIpc) is 2.93. The first-order valence-electron chi connectivity index (χ1n) is 13.7. The van der Waals surface area contributed by atoms with Crippen molar-refractivity contribution >= 4 is 40.4 Å². The molecular formula is C33H30Cl2N4O4. The van der Waals surface area contributed by atoms with Crippen molar-refractivity contribution in [3.8, 4) is 11.8 Å². The normalized spacial score (nSPS) is 17.9. The second kappa shape index (κ2) is 11.4. The van der Waals surface area contributed by atoms with Crippen LogP contribution in [0.1, 0.15) is 54.9 Å². The van der Waals surface area contributed by atoms with Crippen molar-refractivity contribution in [2.45, 2.75) is 53.1 Å². The van der Waals surface area contributed by atoms with E-state index in [9.17, 15) is 20.2 Å². The third-order valence-electron chi connectivity index (χ3n) is 8.01. The summed E-state index contributed by atoms with van der Waals surface area (Å²) in [5.41, 5.74) is 11.3. The number of Topliss-reactive ketones (excluding diaryl/α,β-unsaturated/α-hetero) is 1. The Balaban J connectivity index is 1.68. The Morgan fingerprint density at radius 3 is 2.44 bits per heavy atom. The van der Waals surface area contributed by atoms with Gasteiger partial charge in [-0.3, -0.25) is 19.8 Å². The fourth-order valence-corrected chi connectivity index (χ4v) is 6.28. The van der Waals surface area contributed by atoms with E-state index in [2.05, 4.69) is 6.07 Å². The van der Waals surface area contributed by atoms with E-state index in [1.807, 2.05) is 39.8 Å². The zero-order valence-corrected chi connectivity index (χ0v) is 25.7. The second-order valence-corrected chi connectivity index (χ2v) is 12.6. The number of allylic oxidation sites excluding steroid dienone is 3. The Kier molecular flexibility index (Phi) is 7.99. The summed E-state index contributed by atoms with van der Waals surface area (Å²) in [4.78, 5) is 26.7. The number of nitrogens with zero attached hydrogens (tertiary/aromatic N) is 3. The van der Waals surface area contributed by atoms with E-state index in [1.54, 1.807) is 35.2 Å². The van der Waals surface area contributed by atoms with Gasteiger partial charge in [-0.2, -0.15) is 5.26 Å². The van der Waals surface area contributed by atoms with Gasteiger partial charge < -0.3 is 10.5 Å². The van der Waals surface area contributed by atoms with Gasteiger partial charge in [-0.15, -0.1) is 0 Å². The molecule has 0 spiro atoms. The Morgan fingerprint density at radius 2 is 1.79 bits per heavy atom. The fourth-order valence-electron chi connectivity index (χ4n) is 5.97. The predicted molar refractivity (Wildman–Crippen MR) is 167 cm³/mol. The lowest BCUT2D eigenvalue weighted by Gasteiger charge is -2.44. The number of nitro benzene ring substituents is 1. The monoisotopic (exact) mass is 616 g/mol. The minimum absolute atomic E-state index is 0.0235. The van der Waals surface area contributed by atoms with Crippen LogP contribution in [-0.4, -0.2) is 10.7 Å². The number of carbonyl (C=O) groups is 1. The zero-order chi connectivity index (χ0) is 31.2. The van der Waals surface area contributed by atoms with Crippen LogP contribution >= 0.6 is 23.2 Å². The van der Waals surface area contributed by atoms with Crippen LogP contribution in [0.3, 0.4) is 0 Å². The molecule has 0 amide bonds. The maximum Gasteiger partial charge on any atom is 0.289 e. The Labute approximate surface area is 260 Å². The number of rotatable bonds is 6. The highest BCUT2D eigenvalue weighted by molar-refractivity contribution is 6.32. The summed E-state index contributed by atoms with van der Waals surface area (Å²) in [5.74, 6) is -0.0268. The lowest BCUT2D eigenvalue weighted by Crippen LogP contribution is -2.42. The molecule has 1 heterocycles. The number of nitriles is 1. The van der Waals surface area contributed by atoms with Crippen LogP contribution in [0.4, 0.5) is 11.4 Å². The first-order chi connectivity index (χ1) is 20.3. The van der Waals surface area contributed by atoms with Gasteiger partial charge in [0.1, 0.15) is 23.2 Å². The van der Waals surface area contributed by atoms with Gasteiger partial charge in [0.05, 0.1) is 28.2 Å². The summed E-state index contributed by atoms with van der Waals surface area (Å²) >= 11 is 12.1. The summed E-state index contributed by atoms with van der Waals surface area (Å²) in [5, 5.41) is 22.8. The molecule has 43 heavy (non-hydrogen) atoms. The van der Waals surface area contributed by atoms with Crippen molar-refractivity contribution < 1.29 is 14.5 Å². The van der Waals surface area contributed by atoms with E-state index in [-0.39, 0.29) is 40.9 Å². The summed E-state index contributed by atoms with van der Waals surface area (Å²) in [6.45, 7) is 8.19. The summed E-state index contributed by atoms with van der Waals surface area (Å²) < 4.78 is 6.04. The minimum atomic E-state index is -0.711. The van der Waals surface area contributed by atoms with Crippen molar-refractivity contribution in [2.75, 3.05) is 4.90 Å². The van der Waals surface area contributed by atoms with Gasteiger partial charge >= 0.3 is 0 Å². The summed E-state index contributed by atoms with van der Waals surface area (Å²) in [6, 6.07) is 17.7. The van der Waals surface area contributed by atoms with E-state index >= 15 is 0 Å². The van der Waals surface area contributed by atoms with Crippen LogP contribution in [0, 0.1) is 40.7 Å². The SMILES string of the molecule is Cc1cc(C)c(C2C(C#N)=C(N)N(c3ccc(Cl)c([N+](=O)[O-])c3)C3=C2C(=O)CC(C)(C)C3)cc1COc1ccc(Cl)cc1. The average molecular weight is 618 g/mol. The molecule has 5 rings (SSSR count). The maximum atomic E-state index is 14.0. The third kappa shape index (κ3) is 5.71. The number of ketones is 1. The van der Waals surface area contributed by atoms with E-state index in [0.29, 0.717) is 34.2 Å². The molecule has 1 aliphatic carbocycles. The van der Waals surface area contributed by atoms with Crippen molar-refractivity contribution in [3.05, 3.63) is 120 Å². The van der Waals surface area contributed by atoms with E-state index < -0.39 is 16.3 Å². The molecule has 220 valence electrons. The van der Waals surface area contributed by atoms with E-state index in [0.717, 1.165) is 22.3 Å². The molecule has 1 unspecified atom stereocenters. The van der Waals surface area contributed by atoms with Gasteiger partial charge in [-0.1, -0.05) is 49.2 Å². The lowest BCUT2D eigenvalue weighted by atomic mass is 9.68. The molecule has 0 saturated carbocycles. The smallest absolute Gasteiger partial charge is 0.289 e. The Morgan fingerprint density at radius 1 is 1.09 bits per heavy atom. The van der Waals surface area contributed by atoms with Crippen LogP contribution in [0.5, 0.6) is 5.75 Å². The highest BCUT2D eigenvalue weighted by Crippen LogP contribution is 2.51. The number of anilines is 1. The largest absolute Gasteiger partial charge is 0.489 e. The van der Waals surface area contributed by atoms with Crippen molar-refractivity contribution in [2.24, 2.45) is 11.1 Å². The molecule has 10 heteroatoms. The topological polar surface area (TPSA) is 122 Å². The lowest BCUT2D eigenvalue weighted by molar-refractivity contribution is -0.384. The molecule has 0 aromatic heterocycles. The number of benzene rings is 3. The first-order valence-corrected chi connectivity index (χ1v) is 14.5. The number of nitrogens with two attached hydrogens (primary N) is 1. The van der Waals surface area contributed by atoms with Crippen LogP contribution in [0.2, 0.25) is 10.0 Å². The van der Waals surface area contributed by atoms with Crippen LogP contribution < -0.4 is 15.4 Å². The van der Waals surface area contributed by atoms with Crippen molar-refractivity contribution in [1.82, 2.24) is 0 Å². The van der Waals surface area contributed by atoms with Gasteiger partial charge in [0.2, 0.25) is 0 Å². The van der Waals surface area contributed by atoms with Gasteiger partial charge in [-0.05, 0) is 84.3 Å². The number of aryl methyl sites for hydroxylation is 2. The zero-order valence-electron chi connectivity index (χ0n) is 24.2. The van der Waals surface area contributed by atoms with E-state index in [1.165, 1.54) is 12.1 Å². The summed E-state index contributed by atoms with van der Waals surface area (Å²) in [6.07, 6.45) is 0.755. The molecule has 1 aliphatic heterocycles. The van der Waals surface area contributed by atoms with Gasteiger partial charge in [0, 0.05) is 28.8 Å². The fraction of sp³-hybridized carbons (Fsp3) is 0.273.